The number of likely N-dealkylation sites (tertiary alicyclic amines) is 1. The minimum Gasteiger partial charge on any atom is -0.352 e. The van der Waals surface area contributed by atoms with E-state index in [4.69, 9.17) is 0 Å². The molecule has 1 saturated heterocycles. The Labute approximate surface area is 175 Å². The fourth-order valence-electron chi connectivity index (χ4n) is 3.56. The molecule has 2 rings (SSSR count). The topological polar surface area (TPSA) is 56.7 Å². The molecule has 1 aliphatic heterocycles. The monoisotopic (exact) mass is 472 g/mol. The zero-order valence-electron chi connectivity index (χ0n) is 16.4. The highest BCUT2D eigenvalue weighted by molar-refractivity contribution is 14.0. The van der Waals surface area contributed by atoms with Crippen molar-refractivity contribution in [2.45, 2.75) is 46.6 Å². The number of piperidine rings is 1. The van der Waals surface area contributed by atoms with E-state index in [9.17, 15) is 4.79 Å². The van der Waals surface area contributed by atoms with Gasteiger partial charge in [0.05, 0.1) is 0 Å². The van der Waals surface area contributed by atoms with Gasteiger partial charge in [0.25, 0.3) is 0 Å². The first-order chi connectivity index (χ1) is 12.0. The summed E-state index contributed by atoms with van der Waals surface area (Å²) < 4.78 is 0. The van der Waals surface area contributed by atoms with Crippen LogP contribution in [0, 0.1) is 11.8 Å². The Kier molecular flexibility index (Phi) is 9.98. The molecule has 5 nitrogen and oxygen atoms in total. The molecular weight excluding hydrogens is 439 g/mol. The number of amides is 1. The third-order valence-electron chi connectivity index (χ3n) is 4.52. The highest BCUT2D eigenvalue weighted by atomic mass is 127. The van der Waals surface area contributed by atoms with E-state index in [0.29, 0.717) is 24.8 Å². The molecule has 1 fully saturated rings. The van der Waals surface area contributed by atoms with Gasteiger partial charge in [0, 0.05) is 38.8 Å². The number of hydrogen-bond acceptors (Lipinski definition) is 2. The number of halogens is 1. The first-order valence-electron chi connectivity index (χ1n) is 9.36. The van der Waals surface area contributed by atoms with Crippen molar-refractivity contribution in [3.63, 3.8) is 0 Å². The minimum absolute atomic E-state index is 0. The van der Waals surface area contributed by atoms with Gasteiger partial charge in [-0.1, -0.05) is 32.9 Å². The van der Waals surface area contributed by atoms with E-state index in [1.165, 1.54) is 6.42 Å². The summed E-state index contributed by atoms with van der Waals surface area (Å²) in [7, 11) is 1.84. The van der Waals surface area contributed by atoms with Gasteiger partial charge >= 0.3 is 0 Å². The number of nitrogens with zero attached hydrogens (tertiary/aromatic N) is 2. The molecule has 0 bridgehead atoms. The average molecular weight is 472 g/mol. The quantitative estimate of drug-likeness (QED) is 0.386. The second-order valence-corrected chi connectivity index (χ2v) is 7.25. The number of guanidine groups is 1. The van der Waals surface area contributed by atoms with Crippen molar-refractivity contribution in [3.8, 4) is 0 Å². The van der Waals surface area contributed by atoms with E-state index < -0.39 is 0 Å². The van der Waals surface area contributed by atoms with Gasteiger partial charge in [-0.2, -0.15) is 0 Å². The molecular formula is C20H33IN4O. The molecule has 6 heteroatoms. The van der Waals surface area contributed by atoms with Crippen molar-refractivity contribution >= 4 is 41.5 Å². The molecule has 1 aromatic rings. The summed E-state index contributed by atoms with van der Waals surface area (Å²) in [6.45, 7) is 9.42. The SMILES string of the molecule is CCCC(=O)Nc1cccc(CNC(=NC)N2CC(C)CC(C)C2)c1.I. The zero-order valence-corrected chi connectivity index (χ0v) is 18.7. The maximum atomic E-state index is 11.8. The van der Waals surface area contributed by atoms with Crippen LogP contribution in [0.15, 0.2) is 29.3 Å². The molecule has 0 aromatic heterocycles. The number of rotatable bonds is 5. The van der Waals surface area contributed by atoms with Crippen molar-refractivity contribution < 1.29 is 4.79 Å². The molecule has 1 heterocycles. The van der Waals surface area contributed by atoms with Crippen molar-refractivity contribution in [2.24, 2.45) is 16.8 Å². The molecule has 0 radical (unpaired) electrons. The maximum Gasteiger partial charge on any atom is 0.224 e. The first-order valence-corrected chi connectivity index (χ1v) is 9.36. The molecule has 0 aliphatic carbocycles. The second-order valence-electron chi connectivity index (χ2n) is 7.25. The normalized spacial score (nSPS) is 20.3. The lowest BCUT2D eigenvalue weighted by Gasteiger charge is -2.37. The van der Waals surface area contributed by atoms with E-state index in [-0.39, 0.29) is 29.9 Å². The number of aliphatic imine (C=N–C) groups is 1. The third kappa shape index (κ3) is 7.13. The Morgan fingerprint density at radius 2 is 1.96 bits per heavy atom. The number of hydrogen-bond donors (Lipinski definition) is 2. The van der Waals surface area contributed by atoms with Gasteiger partial charge in [-0.15, -0.1) is 24.0 Å². The van der Waals surface area contributed by atoms with Crippen LogP contribution in [0.1, 0.15) is 45.6 Å². The van der Waals surface area contributed by atoms with Crippen LogP contribution in [0.3, 0.4) is 0 Å². The molecule has 2 N–H and O–H groups in total. The van der Waals surface area contributed by atoms with Crippen molar-refractivity contribution in [1.29, 1.82) is 0 Å². The highest BCUT2D eigenvalue weighted by Crippen LogP contribution is 2.21. The van der Waals surface area contributed by atoms with Gasteiger partial charge in [-0.3, -0.25) is 9.79 Å². The van der Waals surface area contributed by atoms with Crippen LogP contribution in [0.5, 0.6) is 0 Å². The summed E-state index contributed by atoms with van der Waals surface area (Å²) in [6, 6.07) is 8.00. The molecule has 2 atom stereocenters. The second kappa shape index (κ2) is 11.4. The Balaban J connectivity index is 0.00000338. The van der Waals surface area contributed by atoms with Crippen molar-refractivity contribution in [2.75, 3.05) is 25.5 Å². The molecule has 0 spiro atoms. The summed E-state index contributed by atoms with van der Waals surface area (Å²) in [5.74, 6) is 2.41. The Morgan fingerprint density at radius 3 is 2.58 bits per heavy atom. The number of carbonyl (C=O) groups is 1. The number of benzene rings is 1. The third-order valence-corrected chi connectivity index (χ3v) is 4.52. The van der Waals surface area contributed by atoms with E-state index >= 15 is 0 Å². The number of anilines is 1. The fraction of sp³-hybridized carbons (Fsp3) is 0.600. The van der Waals surface area contributed by atoms with E-state index in [0.717, 1.165) is 36.7 Å². The molecule has 26 heavy (non-hydrogen) atoms. The minimum atomic E-state index is 0. The molecule has 1 aromatic carbocycles. The summed E-state index contributed by atoms with van der Waals surface area (Å²) in [4.78, 5) is 18.6. The molecule has 0 saturated carbocycles. The van der Waals surface area contributed by atoms with Crippen LogP contribution in [0.2, 0.25) is 0 Å². The standard InChI is InChI=1S/C20H32N4O.HI/c1-5-7-19(25)23-18-9-6-8-17(11-18)12-22-20(21-4)24-13-15(2)10-16(3)14-24;/h6,8-9,11,15-16H,5,7,10,12-14H2,1-4H3,(H,21,22)(H,23,25);1H. The lowest BCUT2D eigenvalue weighted by Crippen LogP contribution is -2.48. The Morgan fingerprint density at radius 1 is 1.27 bits per heavy atom. The lowest BCUT2D eigenvalue weighted by atomic mass is 9.92. The number of nitrogens with one attached hydrogen (secondary N) is 2. The van der Waals surface area contributed by atoms with Crippen LogP contribution >= 0.6 is 24.0 Å². The van der Waals surface area contributed by atoms with Crippen LogP contribution in [-0.2, 0) is 11.3 Å². The van der Waals surface area contributed by atoms with Crippen LogP contribution in [-0.4, -0.2) is 36.9 Å². The molecule has 2 unspecified atom stereocenters. The Bertz CT molecular complexity index is 595. The summed E-state index contributed by atoms with van der Waals surface area (Å²) in [6.07, 6.45) is 2.70. The smallest absolute Gasteiger partial charge is 0.224 e. The van der Waals surface area contributed by atoms with E-state index in [1.54, 1.807) is 0 Å². The summed E-state index contributed by atoms with van der Waals surface area (Å²) in [5.41, 5.74) is 1.99. The highest BCUT2D eigenvalue weighted by Gasteiger charge is 2.23. The van der Waals surface area contributed by atoms with Gasteiger partial charge in [-0.05, 0) is 42.4 Å². The molecule has 146 valence electrons. The van der Waals surface area contributed by atoms with Gasteiger partial charge in [0.1, 0.15) is 0 Å². The zero-order chi connectivity index (χ0) is 18.2. The summed E-state index contributed by atoms with van der Waals surface area (Å²) in [5, 5.41) is 6.42. The Hall–Kier alpha value is -1.31. The van der Waals surface area contributed by atoms with E-state index in [2.05, 4.69) is 40.4 Å². The maximum absolute atomic E-state index is 11.8. The lowest BCUT2D eigenvalue weighted by molar-refractivity contribution is -0.116. The van der Waals surface area contributed by atoms with E-state index in [1.807, 2.05) is 32.2 Å². The largest absolute Gasteiger partial charge is 0.352 e. The van der Waals surface area contributed by atoms with Gasteiger partial charge < -0.3 is 15.5 Å². The van der Waals surface area contributed by atoms with Gasteiger partial charge in [-0.25, -0.2) is 0 Å². The molecule has 1 aliphatic rings. The van der Waals surface area contributed by atoms with Gasteiger partial charge in [0.15, 0.2) is 5.96 Å². The predicted octanol–water partition coefficient (Wildman–Crippen LogP) is 4.10. The first kappa shape index (κ1) is 22.7. The van der Waals surface area contributed by atoms with Crippen molar-refractivity contribution in [3.05, 3.63) is 29.8 Å². The number of carbonyl (C=O) groups excluding carboxylic acids is 1. The van der Waals surface area contributed by atoms with Gasteiger partial charge in [0.2, 0.25) is 5.91 Å². The fourth-order valence-corrected chi connectivity index (χ4v) is 3.56. The predicted molar refractivity (Wildman–Crippen MR) is 120 cm³/mol. The average Bonchev–Trinajstić information content (AvgIpc) is 2.55. The van der Waals surface area contributed by atoms with Crippen molar-refractivity contribution in [1.82, 2.24) is 10.2 Å². The van der Waals surface area contributed by atoms with Crippen LogP contribution in [0.4, 0.5) is 5.69 Å². The summed E-state index contributed by atoms with van der Waals surface area (Å²) >= 11 is 0. The van der Waals surface area contributed by atoms with Crippen LogP contribution < -0.4 is 10.6 Å². The molecule has 1 amide bonds. The van der Waals surface area contributed by atoms with Crippen LogP contribution in [0.25, 0.3) is 0 Å².